The van der Waals surface area contributed by atoms with Gasteiger partial charge in [0.25, 0.3) is 5.56 Å². The molecule has 0 fully saturated rings. The van der Waals surface area contributed by atoms with E-state index in [4.69, 9.17) is 10.2 Å². The molecule has 2 aromatic rings. The van der Waals surface area contributed by atoms with Gasteiger partial charge in [-0.2, -0.15) is 5.10 Å². The van der Waals surface area contributed by atoms with E-state index in [0.29, 0.717) is 10.9 Å². The highest BCUT2D eigenvalue weighted by Gasteiger charge is 2.22. The van der Waals surface area contributed by atoms with Crippen LogP contribution in [0, 0.1) is 0 Å². The molecule has 118 valence electrons. The van der Waals surface area contributed by atoms with Crippen LogP contribution in [0.3, 0.4) is 0 Å². The Hall–Kier alpha value is -2.33. The fourth-order valence-corrected chi connectivity index (χ4v) is 1.74. The molecular weight excluding hydrogens is 292 g/mol. The fourth-order valence-electron chi connectivity index (χ4n) is 1.74. The van der Waals surface area contributed by atoms with Crippen LogP contribution in [0.4, 0.5) is 5.95 Å². The summed E-state index contributed by atoms with van der Waals surface area (Å²) in [4.78, 5) is 18.4. The van der Waals surface area contributed by atoms with Crippen LogP contribution in [-0.4, -0.2) is 61.5 Å². The molecule has 22 heavy (non-hydrogen) atoms. The number of aliphatic hydroxyl groups is 4. The molecule has 0 radical (unpaired) electrons. The summed E-state index contributed by atoms with van der Waals surface area (Å²) in [6.45, 7) is -0.695. The van der Waals surface area contributed by atoms with Gasteiger partial charge in [0.1, 0.15) is 18.3 Å². The van der Waals surface area contributed by atoms with Gasteiger partial charge in [-0.05, 0) is 12.1 Å². The van der Waals surface area contributed by atoms with Crippen molar-refractivity contribution in [1.29, 1.82) is 0 Å². The van der Waals surface area contributed by atoms with Crippen molar-refractivity contribution < 1.29 is 20.4 Å². The quantitative estimate of drug-likeness (QED) is 0.277. The highest BCUT2D eigenvalue weighted by molar-refractivity contribution is 5.78. The zero-order valence-electron chi connectivity index (χ0n) is 11.4. The Balaban J connectivity index is 2.08. The zero-order valence-corrected chi connectivity index (χ0v) is 11.4. The first-order valence-corrected chi connectivity index (χ1v) is 6.46. The Labute approximate surface area is 124 Å². The highest BCUT2D eigenvalue weighted by Crippen LogP contribution is 2.07. The molecule has 0 saturated carbocycles. The third-order valence-electron chi connectivity index (χ3n) is 2.94. The smallest absolute Gasteiger partial charge is 0.260 e. The number of anilines is 1. The largest absolute Gasteiger partial charge is 0.394 e. The molecule has 1 aromatic heterocycles. The second-order valence-corrected chi connectivity index (χ2v) is 4.55. The first kappa shape index (κ1) is 16.0. The van der Waals surface area contributed by atoms with Gasteiger partial charge in [0.2, 0.25) is 5.95 Å². The summed E-state index contributed by atoms with van der Waals surface area (Å²) in [5, 5.41) is 40.8. The second-order valence-electron chi connectivity index (χ2n) is 4.55. The average molecular weight is 308 g/mol. The number of para-hydroxylation sites is 1. The van der Waals surface area contributed by atoms with Gasteiger partial charge in [-0.1, -0.05) is 12.1 Å². The number of hydrogen-bond acceptors (Lipinski definition) is 8. The molecule has 3 atom stereocenters. The molecule has 1 heterocycles. The Morgan fingerprint density at radius 2 is 2.05 bits per heavy atom. The summed E-state index contributed by atoms with van der Waals surface area (Å²) >= 11 is 0. The number of rotatable bonds is 6. The predicted octanol–water partition coefficient (Wildman–Crippen LogP) is -1.60. The van der Waals surface area contributed by atoms with E-state index in [1.54, 1.807) is 24.3 Å². The lowest BCUT2D eigenvalue weighted by atomic mass is 10.1. The number of fused-ring (bicyclic) bond motifs is 1. The molecule has 2 rings (SSSR count). The van der Waals surface area contributed by atoms with Crippen LogP contribution in [0.15, 0.2) is 34.2 Å². The van der Waals surface area contributed by atoms with Crippen LogP contribution >= 0.6 is 0 Å². The molecular formula is C13H16N4O5. The molecule has 0 amide bonds. The highest BCUT2D eigenvalue weighted by atomic mass is 16.4. The first-order chi connectivity index (χ1) is 10.5. The maximum atomic E-state index is 11.8. The molecule has 0 aliphatic carbocycles. The zero-order chi connectivity index (χ0) is 16.1. The van der Waals surface area contributed by atoms with E-state index in [9.17, 15) is 15.0 Å². The van der Waals surface area contributed by atoms with Crippen molar-refractivity contribution in [3.05, 3.63) is 34.6 Å². The molecule has 9 nitrogen and oxygen atoms in total. The number of hydrazone groups is 1. The van der Waals surface area contributed by atoms with Gasteiger partial charge in [-0.25, -0.2) is 10.4 Å². The molecule has 0 aliphatic heterocycles. The van der Waals surface area contributed by atoms with Gasteiger partial charge >= 0.3 is 0 Å². The summed E-state index contributed by atoms with van der Waals surface area (Å²) in [5.74, 6) is 0.0596. The van der Waals surface area contributed by atoms with Crippen LogP contribution in [0.2, 0.25) is 0 Å². The van der Waals surface area contributed by atoms with Crippen molar-refractivity contribution >= 4 is 23.1 Å². The van der Waals surface area contributed by atoms with E-state index in [-0.39, 0.29) is 11.5 Å². The molecule has 6 N–H and O–H groups in total. The van der Waals surface area contributed by atoms with Gasteiger partial charge < -0.3 is 20.4 Å². The van der Waals surface area contributed by atoms with Gasteiger partial charge in [0.15, 0.2) is 0 Å². The number of H-pyrrole nitrogens is 1. The van der Waals surface area contributed by atoms with Gasteiger partial charge in [-0.15, -0.1) is 0 Å². The summed E-state index contributed by atoms with van der Waals surface area (Å²) < 4.78 is 0. The Morgan fingerprint density at radius 3 is 2.77 bits per heavy atom. The number of hydrogen-bond donors (Lipinski definition) is 6. The molecule has 0 aliphatic rings. The molecule has 0 unspecified atom stereocenters. The Morgan fingerprint density at radius 1 is 1.32 bits per heavy atom. The van der Waals surface area contributed by atoms with Crippen molar-refractivity contribution in [3.63, 3.8) is 0 Å². The maximum Gasteiger partial charge on any atom is 0.260 e. The molecule has 0 bridgehead atoms. The minimum atomic E-state index is -1.58. The van der Waals surface area contributed by atoms with Crippen LogP contribution in [-0.2, 0) is 0 Å². The summed E-state index contributed by atoms with van der Waals surface area (Å²) in [6, 6.07) is 6.74. The van der Waals surface area contributed by atoms with Crippen LogP contribution in [0.25, 0.3) is 10.9 Å². The van der Waals surface area contributed by atoms with E-state index in [2.05, 4.69) is 20.5 Å². The second kappa shape index (κ2) is 7.09. The number of nitrogens with one attached hydrogen (secondary N) is 2. The third-order valence-corrected chi connectivity index (χ3v) is 2.94. The lowest BCUT2D eigenvalue weighted by Crippen LogP contribution is -2.40. The number of aromatic amines is 1. The molecule has 0 spiro atoms. The van der Waals surface area contributed by atoms with Crippen molar-refractivity contribution in [3.8, 4) is 0 Å². The van der Waals surface area contributed by atoms with Crippen LogP contribution < -0.4 is 11.0 Å². The SMILES string of the molecule is O=c1[nH]c(N/N=C/[C@H](O)[C@H](O)[C@H](O)CO)nc2ccccc12. The van der Waals surface area contributed by atoms with Gasteiger partial charge in [0.05, 0.1) is 23.7 Å². The van der Waals surface area contributed by atoms with E-state index < -0.39 is 24.9 Å². The lowest BCUT2D eigenvalue weighted by Gasteiger charge is -2.17. The average Bonchev–Trinajstić information content (AvgIpc) is 2.53. The van der Waals surface area contributed by atoms with Crippen LogP contribution in [0.5, 0.6) is 0 Å². The summed E-state index contributed by atoms with van der Waals surface area (Å²) in [6.07, 6.45) is -3.65. The van der Waals surface area contributed by atoms with Crippen LogP contribution in [0.1, 0.15) is 0 Å². The lowest BCUT2D eigenvalue weighted by molar-refractivity contribution is -0.0541. The minimum absolute atomic E-state index is 0.0596. The van der Waals surface area contributed by atoms with Crippen molar-refractivity contribution in [2.45, 2.75) is 18.3 Å². The van der Waals surface area contributed by atoms with Crippen molar-refractivity contribution in [1.82, 2.24) is 9.97 Å². The fraction of sp³-hybridized carbons (Fsp3) is 0.308. The number of nitrogens with zero attached hydrogens (tertiary/aromatic N) is 2. The topological polar surface area (TPSA) is 151 Å². The van der Waals surface area contributed by atoms with E-state index in [1.807, 2.05) is 0 Å². The third kappa shape index (κ3) is 3.65. The van der Waals surface area contributed by atoms with E-state index in [0.717, 1.165) is 6.21 Å². The number of aromatic nitrogens is 2. The van der Waals surface area contributed by atoms with Crippen molar-refractivity contribution in [2.24, 2.45) is 5.10 Å². The summed E-state index contributed by atoms with van der Waals surface area (Å²) in [7, 11) is 0. The molecule has 9 heteroatoms. The molecule has 0 saturated heterocycles. The van der Waals surface area contributed by atoms with Gasteiger partial charge in [-0.3, -0.25) is 9.78 Å². The minimum Gasteiger partial charge on any atom is -0.394 e. The first-order valence-electron chi connectivity index (χ1n) is 6.46. The molecule has 1 aromatic carbocycles. The standard InChI is InChI=1S/C13H16N4O5/c18-6-10(20)11(21)9(19)5-14-17-13-15-8-4-2-1-3-7(8)12(22)16-13/h1-5,9-11,18-21H,6H2,(H2,15,16,17,22)/b14-5+/t9-,10+,11-/m0/s1. The van der Waals surface area contributed by atoms with Gasteiger partial charge in [0, 0.05) is 0 Å². The normalized spacial score (nSPS) is 15.8. The number of aliphatic hydroxyl groups excluding tert-OH is 4. The Bertz CT molecular complexity index is 717. The summed E-state index contributed by atoms with van der Waals surface area (Å²) in [5.41, 5.74) is 2.53. The number of benzene rings is 1. The predicted molar refractivity (Wildman–Crippen MR) is 79.6 cm³/mol. The maximum absolute atomic E-state index is 11.8. The van der Waals surface area contributed by atoms with E-state index >= 15 is 0 Å². The Kier molecular flexibility index (Phi) is 5.17. The van der Waals surface area contributed by atoms with Crippen molar-refractivity contribution in [2.75, 3.05) is 12.0 Å². The van der Waals surface area contributed by atoms with E-state index in [1.165, 1.54) is 0 Å². The monoisotopic (exact) mass is 308 g/mol.